The van der Waals surface area contributed by atoms with Crippen LogP contribution in [0.2, 0.25) is 0 Å². The van der Waals surface area contributed by atoms with Gasteiger partial charge < -0.3 is 0 Å². The number of hydrogen-bond donors (Lipinski definition) is 0. The highest BCUT2D eigenvalue weighted by Gasteiger charge is 2.42. The molecule has 0 nitrogen and oxygen atoms in total. The molecule has 0 N–H and O–H groups in total. The van der Waals surface area contributed by atoms with Crippen molar-refractivity contribution in [3.63, 3.8) is 0 Å². The molecule has 0 aromatic heterocycles. The van der Waals surface area contributed by atoms with E-state index in [-0.39, 0.29) is 10.8 Å². The van der Waals surface area contributed by atoms with Crippen LogP contribution in [0.4, 0.5) is 0 Å². The lowest BCUT2D eigenvalue weighted by atomic mass is 9.88. The minimum absolute atomic E-state index is 0.264. The molecule has 5 aromatic rings. The van der Waals surface area contributed by atoms with E-state index < -0.39 is 10.0 Å². The van der Waals surface area contributed by atoms with Crippen molar-refractivity contribution in [1.82, 2.24) is 0 Å². The summed E-state index contributed by atoms with van der Waals surface area (Å²) in [6.45, 7) is 13.9. The van der Waals surface area contributed by atoms with Gasteiger partial charge in [0.15, 0.2) is 0 Å². The number of benzene rings is 5. The van der Waals surface area contributed by atoms with Gasteiger partial charge in [-0.3, -0.25) is 0 Å². The fourth-order valence-corrected chi connectivity index (χ4v) is 10.5. The number of fused-ring (bicyclic) bond motifs is 5. The van der Waals surface area contributed by atoms with Gasteiger partial charge in [-0.25, -0.2) is 0 Å². The summed E-state index contributed by atoms with van der Waals surface area (Å²) >= 11 is 0. The Kier molecular flexibility index (Phi) is 6.27. The highest BCUT2D eigenvalue weighted by atomic mass is 32.3. The Morgan fingerprint density at radius 2 is 1.00 bits per heavy atom. The molecule has 0 saturated heterocycles. The van der Waals surface area contributed by atoms with E-state index in [9.17, 15) is 0 Å². The standard InChI is InChI=1S/C38H40S/c1-37(2,3)25-27-15-20-30(21-16-27)39(31-22-17-28(18-23-31)26-38(4,5)6)34-14-10-9-13-33(34)36-32-12-8-7-11-29(32)19-24-35(36)39/h7-24H,25-26H2,1-6H3. The average Bonchev–Trinajstić information content (AvgIpc) is 3.19. The van der Waals surface area contributed by atoms with Crippen LogP contribution in [0.15, 0.2) is 129 Å². The second-order valence-corrected chi connectivity index (χ2v) is 16.6. The Morgan fingerprint density at radius 3 is 1.56 bits per heavy atom. The van der Waals surface area contributed by atoms with Crippen LogP contribution in [0.25, 0.3) is 21.9 Å². The van der Waals surface area contributed by atoms with Gasteiger partial charge in [0.05, 0.1) is 0 Å². The SMILES string of the molecule is CC(C)(C)Cc1ccc(S2(c3ccc(CC(C)(C)C)cc3)c3ccccc3-c3c2ccc2ccccc32)cc1. The zero-order valence-electron chi connectivity index (χ0n) is 24.2. The average molecular weight is 529 g/mol. The molecule has 198 valence electrons. The summed E-state index contributed by atoms with van der Waals surface area (Å²) < 4.78 is 0. The third-order valence-electron chi connectivity index (χ3n) is 7.73. The molecule has 0 radical (unpaired) electrons. The van der Waals surface area contributed by atoms with E-state index in [1.807, 2.05) is 0 Å². The number of hydrogen-bond acceptors (Lipinski definition) is 0. The molecule has 39 heavy (non-hydrogen) atoms. The van der Waals surface area contributed by atoms with E-state index in [0.29, 0.717) is 0 Å². The third kappa shape index (κ3) is 4.61. The lowest BCUT2D eigenvalue weighted by molar-refractivity contribution is 0.411. The Hall–Kier alpha value is -3.29. The number of rotatable bonds is 4. The first-order chi connectivity index (χ1) is 18.6. The molecule has 6 rings (SSSR count). The molecule has 0 atom stereocenters. The fourth-order valence-electron chi connectivity index (χ4n) is 6.33. The van der Waals surface area contributed by atoms with Crippen LogP contribution in [-0.4, -0.2) is 0 Å². The van der Waals surface area contributed by atoms with Crippen molar-refractivity contribution >= 4 is 20.8 Å². The van der Waals surface area contributed by atoms with Gasteiger partial charge in [0, 0.05) is 25.1 Å². The van der Waals surface area contributed by atoms with Crippen LogP contribution in [-0.2, 0) is 12.8 Å². The first-order valence-electron chi connectivity index (χ1n) is 14.2. The van der Waals surface area contributed by atoms with Crippen LogP contribution >= 0.6 is 10.0 Å². The molecule has 0 saturated carbocycles. The van der Waals surface area contributed by atoms with Crippen molar-refractivity contribution in [1.29, 1.82) is 0 Å². The highest BCUT2D eigenvalue weighted by Crippen LogP contribution is 2.80. The van der Waals surface area contributed by atoms with Crippen molar-refractivity contribution in [2.24, 2.45) is 10.8 Å². The molecular weight excluding hydrogens is 488 g/mol. The summed E-state index contributed by atoms with van der Waals surface area (Å²) in [4.78, 5) is 5.77. The first kappa shape index (κ1) is 26.0. The van der Waals surface area contributed by atoms with E-state index in [2.05, 4.69) is 151 Å². The van der Waals surface area contributed by atoms with Crippen molar-refractivity contribution in [3.05, 3.63) is 120 Å². The largest absolute Gasteiger partial charge is 0.132 e. The zero-order valence-corrected chi connectivity index (χ0v) is 25.0. The Labute approximate surface area is 236 Å². The maximum absolute atomic E-state index is 2.43. The summed E-state index contributed by atoms with van der Waals surface area (Å²) in [7, 11) is -1.65. The second kappa shape index (κ2) is 9.42. The van der Waals surface area contributed by atoms with E-state index in [0.717, 1.165) is 12.8 Å². The molecule has 0 unspecified atom stereocenters. The third-order valence-corrected chi connectivity index (χ3v) is 11.7. The Bertz CT molecular complexity index is 1580. The maximum Gasteiger partial charge on any atom is 0.0109 e. The Balaban J connectivity index is 1.64. The molecule has 0 bridgehead atoms. The normalized spacial score (nSPS) is 15.1. The zero-order chi connectivity index (χ0) is 27.4. The predicted molar refractivity (Wildman–Crippen MR) is 169 cm³/mol. The summed E-state index contributed by atoms with van der Waals surface area (Å²) in [6.07, 6.45) is 2.16. The maximum atomic E-state index is 2.43. The molecule has 1 aliphatic heterocycles. The molecule has 1 aliphatic rings. The summed E-state index contributed by atoms with van der Waals surface area (Å²) in [5.74, 6) is 0. The molecule has 1 heteroatoms. The van der Waals surface area contributed by atoms with Gasteiger partial charge in [0.1, 0.15) is 0 Å². The van der Waals surface area contributed by atoms with Gasteiger partial charge in [0.25, 0.3) is 0 Å². The van der Waals surface area contributed by atoms with Crippen molar-refractivity contribution in [3.8, 4) is 11.1 Å². The summed E-state index contributed by atoms with van der Waals surface area (Å²) in [5, 5.41) is 2.66. The molecule has 0 aliphatic carbocycles. The minimum atomic E-state index is -1.65. The van der Waals surface area contributed by atoms with E-state index in [1.165, 1.54) is 52.6 Å². The molecule has 0 fully saturated rings. The molecule has 0 amide bonds. The fraction of sp³-hybridized carbons (Fsp3) is 0.263. The monoisotopic (exact) mass is 528 g/mol. The van der Waals surface area contributed by atoms with Gasteiger partial charge in [-0.15, -0.1) is 10.0 Å². The predicted octanol–water partition coefficient (Wildman–Crippen LogP) is 11.3. The summed E-state index contributed by atoms with van der Waals surface area (Å²) in [6, 6.07) is 42.1. The smallest absolute Gasteiger partial charge is 0.0109 e. The van der Waals surface area contributed by atoms with Gasteiger partial charge in [-0.2, -0.15) is 0 Å². The van der Waals surface area contributed by atoms with E-state index >= 15 is 0 Å². The van der Waals surface area contributed by atoms with Crippen LogP contribution in [0.5, 0.6) is 0 Å². The molecular formula is C38H40S. The first-order valence-corrected chi connectivity index (χ1v) is 15.8. The van der Waals surface area contributed by atoms with Crippen LogP contribution in [0, 0.1) is 10.8 Å². The molecule has 5 aromatic carbocycles. The van der Waals surface area contributed by atoms with Crippen LogP contribution < -0.4 is 0 Å². The van der Waals surface area contributed by atoms with Crippen LogP contribution in [0.1, 0.15) is 52.7 Å². The lowest BCUT2D eigenvalue weighted by Crippen LogP contribution is -2.10. The highest BCUT2D eigenvalue weighted by molar-refractivity contribution is 8.34. The summed E-state index contributed by atoms with van der Waals surface area (Å²) in [5.41, 5.74) is 6.15. The quantitative estimate of drug-likeness (QED) is 0.213. The van der Waals surface area contributed by atoms with Gasteiger partial charge >= 0.3 is 0 Å². The van der Waals surface area contributed by atoms with Gasteiger partial charge in [-0.1, -0.05) is 114 Å². The van der Waals surface area contributed by atoms with Crippen molar-refractivity contribution in [2.75, 3.05) is 0 Å². The van der Waals surface area contributed by atoms with Gasteiger partial charge in [0.2, 0.25) is 0 Å². The molecule has 0 spiro atoms. The van der Waals surface area contributed by atoms with Crippen molar-refractivity contribution in [2.45, 2.75) is 74.0 Å². The van der Waals surface area contributed by atoms with E-state index in [4.69, 9.17) is 0 Å². The van der Waals surface area contributed by atoms with Gasteiger partial charge in [-0.05, 0) is 87.5 Å². The van der Waals surface area contributed by atoms with Crippen LogP contribution in [0.3, 0.4) is 0 Å². The van der Waals surface area contributed by atoms with Crippen molar-refractivity contribution < 1.29 is 0 Å². The topological polar surface area (TPSA) is 0 Å². The van der Waals surface area contributed by atoms with E-state index in [1.54, 1.807) is 0 Å². The second-order valence-electron chi connectivity index (χ2n) is 13.5. The molecule has 1 heterocycles. The minimum Gasteiger partial charge on any atom is -0.132 e. The Morgan fingerprint density at radius 1 is 0.487 bits per heavy atom. The lowest BCUT2D eigenvalue weighted by Gasteiger charge is -2.39.